The van der Waals surface area contributed by atoms with E-state index in [4.69, 9.17) is 9.44 Å². The fourth-order valence-electron chi connectivity index (χ4n) is 1.09. The first-order chi connectivity index (χ1) is 6.98. The van der Waals surface area contributed by atoms with Crippen molar-refractivity contribution in [2.75, 3.05) is 6.26 Å². The smallest absolute Gasteiger partial charge is 0.306 e. The third-order valence-corrected chi connectivity index (χ3v) is 2.18. The third-order valence-electron chi connectivity index (χ3n) is 1.71. The molecule has 0 N–H and O–H groups in total. The van der Waals surface area contributed by atoms with Crippen LogP contribution in [-0.2, 0) is 16.5 Å². The molecule has 1 aromatic heterocycles. The molecule has 0 amide bonds. The van der Waals surface area contributed by atoms with Crippen LogP contribution in [-0.4, -0.2) is 19.7 Å². The highest BCUT2D eigenvalue weighted by atomic mass is 32.2. The van der Waals surface area contributed by atoms with E-state index < -0.39 is 10.1 Å². The third kappa shape index (κ3) is 2.92. The lowest BCUT2D eigenvalue weighted by molar-refractivity contribution is 0.487. The van der Waals surface area contributed by atoms with Gasteiger partial charge < -0.3 is 4.18 Å². The van der Waals surface area contributed by atoms with Gasteiger partial charge in [-0.3, -0.25) is 0 Å². The number of aromatic nitrogens is 1. The highest BCUT2D eigenvalue weighted by molar-refractivity contribution is 7.86. The van der Waals surface area contributed by atoms with Crippen molar-refractivity contribution in [3.63, 3.8) is 0 Å². The molecule has 6 heteroatoms. The summed E-state index contributed by atoms with van der Waals surface area (Å²) in [6.45, 7) is 1.84. The van der Waals surface area contributed by atoms with Crippen LogP contribution in [0.3, 0.4) is 0 Å². The van der Waals surface area contributed by atoms with E-state index >= 15 is 0 Å². The summed E-state index contributed by atoms with van der Waals surface area (Å²) in [5.74, 6) is 0.0324. The van der Waals surface area contributed by atoms with Gasteiger partial charge in [0.25, 0.3) is 0 Å². The number of aryl methyl sites for hydroxylation is 1. The first kappa shape index (κ1) is 11.5. The molecular weight excluding hydrogens is 216 g/mol. The number of nitriles is 1. The molecule has 0 aromatic carbocycles. The minimum Gasteiger partial charge on any atom is -0.379 e. The van der Waals surface area contributed by atoms with Gasteiger partial charge in [-0.15, -0.1) is 0 Å². The SMILES string of the molecule is CCc1ccnc(C#N)c1OS(C)(=O)=O. The molecule has 0 aliphatic carbocycles. The maximum Gasteiger partial charge on any atom is 0.306 e. The molecule has 0 unspecified atom stereocenters. The van der Waals surface area contributed by atoms with Crippen LogP contribution in [0.1, 0.15) is 18.2 Å². The van der Waals surface area contributed by atoms with Crippen molar-refractivity contribution in [1.82, 2.24) is 4.98 Å². The van der Waals surface area contributed by atoms with Crippen molar-refractivity contribution in [2.45, 2.75) is 13.3 Å². The Morgan fingerprint density at radius 3 is 2.73 bits per heavy atom. The summed E-state index contributed by atoms with van der Waals surface area (Å²) in [6, 6.07) is 3.42. The highest BCUT2D eigenvalue weighted by Crippen LogP contribution is 2.23. The van der Waals surface area contributed by atoms with E-state index in [-0.39, 0.29) is 11.4 Å². The van der Waals surface area contributed by atoms with Gasteiger partial charge in [0.2, 0.25) is 0 Å². The summed E-state index contributed by atoms with van der Waals surface area (Å²) in [4.78, 5) is 3.74. The first-order valence-electron chi connectivity index (χ1n) is 4.25. The van der Waals surface area contributed by atoms with E-state index in [0.29, 0.717) is 12.0 Å². The van der Waals surface area contributed by atoms with Gasteiger partial charge in [-0.05, 0) is 12.5 Å². The quantitative estimate of drug-likeness (QED) is 0.714. The number of hydrogen-bond donors (Lipinski definition) is 0. The Bertz CT molecular complexity index is 503. The molecule has 0 saturated heterocycles. The number of nitrogens with zero attached hydrogens (tertiary/aromatic N) is 2. The monoisotopic (exact) mass is 226 g/mol. The number of hydrogen-bond acceptors (Lipinski definition) is 5. The molecule has 0 spiro atoms. The van der Waals surface area contributed by atoms with Crippen LogP contribution >= 0.6 is 0 Å². The van der Waals surface area contributed by atoms with Crippen LogP contribution in [0.4, 0.5) is 0 Å². The zero-order chi connectivity index (χ0) is 11.5. The topological polar surface area (TPSA) is 80.0 Å². The van der Waals surface area contributed by atoms with E-state index in [1.165, 1.54) is 6.20 Å². The Morgan fingerprint density at radius 1 is 1.60 bits per heavy atom. The molecule has 0 radical (unpaired) electrons. The second-order valence-electron chi connectivity index (χ2n) is 2.90. The minimum atomic E-state index is -3.63. The van der Waals surface area contributed by atoms with E-state index in [2.05, 4.69) is 4.98 Å². The van der Waals surface area contributed by atoms with Crippen LogP contribution in [0.15, 0.2) is 12.3 Å². The fourth-order valence-corrected chi connectivity index (χ4v) is 1.58. The number of rotatable bonds is 3. The lowest BCUT2D eigenvalue weighted by Gasteiger charge is -2.08. The van der Waals surface area contributed by atoms with E-state index in [1.807, 2.05) is 6.92 Å². The summed E-state index contributed by atoms with van der Waals surface area (Å²) in [6.07, 6.45) is 2.95. The lowest BCUT2D eigenvalue weighted by Crippen LogP contribution is -2.09. The molecule has 5 nitrogen and oxygen atoms in total. The van der Waals surface area contributed by atoms with Crippen LogP contribution in [0, 0.1) is 11.3 Å². The summed E-state index contributed by atoms with van der Waals surface area (Å²) >= 11 is 0. The van der Waals surface area contributed by atoms with Crippen LogP contribution in [0.25, 0.3) is 0 Å². The van der Waals surface area contributed by atoms with Crippen molar-refractivity contribution in [3.05, 3.63) is 23.5 Å². The van der Waals surface area contributed by atoms with Gasteiger partial charge in [-0.2, -0.15) is 13.7 Å². The van der Waals surface area contributed by atoms with Crippen LogP contribution in [0.2, 0.25) is 0 Å². The summed E-state index contributed by atoms with van der Waals surface area (Å²) in [7, 11) is -3.63. The second-order valence-corrected chi connectivity index (χ2v) is 4.48. The molecule has 0 aliphatic heterocycles. The van der Waals surface area contributed by atoms with E-state index in [1.54, 1.807) is 12.1 Å². The summed E-state index contributed by atoms with van der Waals surface area (Å²) in [5.41, 5.74) is 0.631. The Kier molecular flexibility index (Phi) is 3.27. The molecule has 1 aromatic rings. The molecule has 15 heavy (non-hydrogen) atoms. The van der Waals surface area contributed by atoms with Crippen molar-refractivity contribution >= 4 is 10.1 Å². The van der Waals surface area contributed by atoms with Gasteiger partial charge in [-0.1, -0.05) is 6.92 Å². The van der Waals surface area contributed by atoms with Crippen molar-refractivity contribution < 1.29 is 12.6 Å². The minimum absolute atomic E-state index is 0.0141. The zero-order valence-corrected chi connectivity index (χ0v) is 9.21. The van der Waals surface area contributed by atoms with Gasteiger partial charge >= 0.3 is 10.1 Å². The largest absolute Gasteiger partial charge is 0.379 e. The summed E-state index contributed by atoms with van der Waals surface area (Å²) < 4.78 is 26.7. The van der Waals surface area contributed by atoms with Crippen LogP contribution < -0.4 is 4.18 Å². The van der Waals surface area contributed by atoms with Crippen molar-refractivity contribution in [1.29, 1.82) is 5.26 Å². The standard InChI is InChI=1S/C9H10N2O3S/c1-3-7-4-5-11-8(6-10)9(7)14-15(2,12)13/h4-5H,3H2,1-2H3. The van der Waals surface area contributed by atoms with Crippen molar-refractivity contribution in [2.24, 2.45) is 0 Å². The molecule has 0 aliphatic rings. The Hall–Kier alpha value is -1.61. The zero-order valence-electron chi connectivity index (χ0n) is 8.39. The maximum atomic E-state index is 11.0. The normalized spacial score (nSPS) is 10.7. The Morgan fingerprint density at radius 2 is 2.27 bits per heavy atom. The molecule has 0 atom stereocenters. The average molecular weight is 226 g/mol. The molecular formula is C9H10N2O3S. The van der Waals surface area contributed by atoms with E-state index in [9.17, 15) is 8.42 Å². The maximum absolute atomic E-state index is 11.0. The van der Waals surface area contributed by atoms with Crippen molar-refractivity contribution in [3.8, 4) is 11.8 Å². The van der Waals surface area contributed by atoms with Crippen LogP contribution in [0.5, 0.6) is 5.75 Å². The molecule has 0 fully saturated rings. The lowest BCUT2D eigenvalue weighted by atomic mass is 10.1. The molecule has 0 saturated carbocycles. The van der Waals surface area contributed by atoms with Gasteiger partial charge in [0.1, 0.15) is 6.07 Å². The Balaban J connectivity index is 3.30. The second kappa shape index (κ2) is 4.28. The molecule has 80 valence electrons. The predicted octanol–water partition coefficient (Wildman–Crippen LogP) is 0.854. The van der Waals surface area contributed by atoms with Gasteiger partial charge in [-0.25, -0.2) is 4.98 Å². The van der Waals surface area contributed by atoms with E-state index in [0.717, 1.165) is 6.26 Å². The molecule has 0 bridgehead atoms. The predicted molar refractivity (Wildman–Crippen MR) is 53.8 cm³/mol. The Labute approximate surface area is 88.5 Å². The van der Waals surface area contributed by atoms with Gasteiger partial charge in [0.05, 0.1) is 6.26 Å². The average Bonchev–Trinajstić information content (AvgIpc) is 2.16. The van der Waals surface area contributed by atoms with Gasteiger partial charge in [0.15, 0.2) is 11.4 Å². The van der Waals surface area contributed by atoms with Gasteiger partial charge in [0, 0.05) is 11.8 Å². The highest BCUT2D eigenvalue weighted by Gasteiger charge is 2.14. The fraction of sp³-hybridized carbons (Fsp3) is 0.333. The summed E-state index contributed by atoms with van der Waals surface area (Å²) in [5, 5.41) is 8.75. The first-order valence-corrected chi connectivity index (χ1v) is 6.07. The molecule has 1 heterocycles. The molecule has 1 rings (SSSR count). The number of pyridine rings is 1.